The van der Waals surface area contributed by atoms with Crippen LogP contribution in [0, 0.1) is 17.8 Å². The van der Waals surface area contributed by atoms with Crippen molar-refractivity contribution in [2.75, 3.05) is 0 Å². The first-order chi connectivity index (χ1) is 17.7. The molecule has 4 aliphatic carbocycles. The van der Waals surface area contributed by atoms with Crippen LogP contribution in [0.2, 0.25) is 0 Å². The summed E-state index contributed by atoms with van der Waals surface area (Å²) >= 11 is 0. The summed E-state index contributed by atoms with van der Waals surface area (Å²) in [5, 5.41) is 0. The molecule has 0 aliphatic heterocycles. The van der Waals surface area contributed by atoms with Crippen LogP contribution < -0.4 is 0 Å². The van der Waals surface area contributed by atoms with E-state index < -0.39 is 0 Å². The fourth-order valence-electron chi connectivity index (χ4n) is 8.05. The van der Waals surface area contributed by atoms with E-state index in [-0.39, 0.29) is 0 Å². The summed E-state index contributed by atoms with van der Waals surface area (Å²) in [6.45, 7) is 4.65. The molecule has 7 rings (SSSR count). The van der Waals surface area contributed by atoms with Gasteiger partial charge in [-0.05, 0) is 108 Å². The Morgan fingerprint density at radius 1 is 0.528 bits per heavy atom. The summed E-state index contributed by atoms with van der Waals surface area (Å²) in [5.74, 6) is 3.98. The van der Waals surface area contributed by atoms with Crippen molar-refractivity contribution in [2.45, 2.75) is 57.3 Å². The highest BCUT2D eigenvalue weighted by molar-refractivity contribution is 5.72. The van der Waals surface area contributed by atoms with Gasteiger partial charge in [-0.1, -0.05) is 108 Å². The van der Waals surface area contributed by atoms with Gasteiger partial charge >= 0.3 is 0 Å². The molecule has 0 heterocycles. The van der Waals surface area contributed by atoms with Crippen LogP contribution >= 0.6 is 0 Å². The van der Waals surface area contributed by atoms with E-state index in [1.165, 1.54) is 47.9 Å². The Morgan fingerprint density at radius 2 is 1.06 bits per heavy atom. The van der Waals surface area contributed by atoms with Gasteiger partial charge in [0.05, 0.1) is 0 Å². The molecule has 3 aromatic carbocycles. The number of allylic oxidation sites excluding steroid dienone is 5. The molecule has 0 heteroatoms. The zero-order valence-corrected chi connectivity index (χ0v) is 21.5. The van der Waals surface area contributed by atoms with Crippen molar-refractivity contribution in [2.24, 2.45) is 17.8 Å². The van der Waals surface area contributed by atoms with Gasteiger partial charge in [-0.3, -0.25) is 0 Å². The highest BCUT2D eigenvalue weighted by Gasteiger charge is 2.39. The molecule has 0 saturated heterocycles. The van der Waals surface area contributed by atoms with Crippen LogP contribution in [0.15, 0.2) is 102 Å². The Hall–Kier alpha value is -3.12. The Kier molecular flexibility index (Phi) is 5.38. The molecule has 0 bridgehead atoms. The molecular formula is C36H36. The maximum Gasteiger partial charge on any atom is -0.00869 e. The number of hydrogen-bond acceptors (Lipinski definition) is 0. The largest absolute Gasteiger partial charge is 0.0805 e. The minimum Gasteiger partial charge on any atom is -0.0805 e. The quantitative estimate of drug-likeness (QED) is 0.359. The van der Waals surface area contributed by atoms with Crippen molar-refractivity contribution < 1.29 is 0 Å². The second-order valence-electron chi connectivity index (χ2n) is 11.8. The maximum absolute atomic E-state index is 2.50. The van der Waals surface area contributed by atoms with Crippen LogP contribution in [-0.2, 0) is 0 Å². The molecule has 2 fully saturated rings. The SMILES string of the molecule is CC1=C(C)C2CC(c3ccccc3-c3ccccc3C3CC4C=Cc5ccccc5C4C3)CC2C=C1. The van der Waals surface area contributed by atoms with Crippen LogP contribution in [0.1, 0.15) is 79.5 Å². The van der Waals surface area contributed by atoms with E-state index in [9.17, 15) is 0 Å². The average Bonchev–Trinajstić information content (AvgIpc) is 3.56. The minimum atomic E-state index is 0.613. The van der Waals surface area contributed by atoms with Gasteiger partial charge in [-0.25, -0.2) is 0 Å². The van der Waals surface area contributed by atoms with E-state index in [4.69, 9.17) is 0 Å². The molecule has 4 aliphatic rings. The van der Waals surface area contributed by atoms with Gasteiger partial charge < -0.3 is 0 Å². The Bertz CT molecular complexity index is 1400. The second kappa shape index (κ2) is 8.77. The van der Waals surface area contributed by atoms with Crippen molar-refractivity contribution in [3.63, 3.8) is 0 Å². The molecule has 36 heavy (non-hydrogen) atoms. The normalized spacial score (nSPS) is 30.3. The molecule has 180 valence electrons. The molecule has 6 unspecified atom stereocenters. The number of benzene rings is 3. The predicted molar refractivity (Wildman–Crippen MR) is 152 cm³/mol. The number of hydrogen-bond donors (Lipinski definition) is 0. The van der Waals surface area contributed by atoms with Gasteiger partial charge in [0.2, 0.25) is 0 Å². The Morgan fingerprint density at radius 3 is 1.75 bits per heavy atom. The fourth-order valence-corrected chi connectivity index (χ4v) is 8.05. The van der Waals surface area contributed by atoms with E-state index in [0.29, 0.717) is 35.5 Å². The summed E-state index contributed by atoms with van der Waals surface area (Å²) in [7, 11) is 0. The van der Waals surface area contributed by atoms with Crippen LogP contribution in [0.25, 0.3) is 17.2 Å². The minimum absolute atomic E-state index is 0.613. The third-order valence-corrected chi connectivity index (χ3v) is 10.0. The number of rotatable bonds is 3. The Balaban J connectivity index is 1.23. The van der Waals surface area contributed by atoms with Crippen LogP contribution in [0.5, 0.6) is 0 Å². The fraction of sp³-hybridized carbons (Fsp3) is 0.333. The zero-order chi connectivity index (χ0) is 24.2. The van der Waals surface area contributed by atoms with Gasteiger partial charge in [0.25, 0.3) is 0 Å². The first-order valence-electron chi connectivity index (χ1n) is 14.0. The van der Waals surface area contributed by atoms with E-state index in [0.717, 1.165) is 0 Å². The molecule has 0 radical (unpaired) electrons. The molecule has 6 atom stereocenters. The third-order valence-electron chi connectivity index (χ3n) is 10.0. The lowest BCUT2D eigenvalue weighted by molar-refractivity contribution is 0.517. The lowest BCUT2D eigenvalue weighted by Crippen LogP contribution is -2.11. The summed E-state index contributed by atoms with van der Waals surface area (Å²) in [6, 6.07) is 27.7. The second-order valence-corrected chi connectivity index (χ2v) is 11.8. The molecule has 2 saturated carbocycles. The smallest absolute Gasteiger partial charge is 0.00869 e. The van der Waals surface area contributed by atoms with E-state index >= 15 is 0 Å². The molecule has 0 aromatic heterocycles. The molecule has 0 amide bonds. The van der Waals surface area contributed by atoms with Gasteiger partial charge in [0, 0.05) is 0 Å². The average molecular weight is 469 g/mol. The van der Waals surface area contributed by atoms with Crippen molar-refractivity contribution in [1.29, 1.82) is 0 Å². The lowest BCUT2D eigenvalue weighted by atomic mass is 9.81. The van der Waals surface area contributed by atoms with Crippen LogP contribution in [-0.4, -0.2) is 0 Å². The van der Waals surface area contributed by atoms with Crippen molar-refractivity contribution in [3.8, 4) is 11.1 Å². The summed E-state index contributed by atoms with van der Waals surface area (Å²) in [6.07, 6.45) is 14.8. The standard InChI is InChI=1S/C36H36/c1-23-15-16-26-19-28(21-35(26)24(23)2)31-11-5-7-13-33(31)34-14-8-6-12-32(34)29-20-27-18-17-25-9-3-4-10-30(25)36(27)22-29/h3-18,26-29,35-36H,19-22H2,1-2H3. The molecule has 0 spiro atoms. The monoisotopic (exact) mass is 468 g/mol. The molecule has 3 aromatic rings. The first kappa shape index (κ1) is 22.1. The zero-order valence-electron chi connectivity index (χ0n) is 21.5. The van der Waals surface area contributed by atoms with Crippen LogP contribution in [0.4, 0.5) is 0 Å². The lowest BCUT2D eigenvalue weighted by Gasteiger charge is -2.23. The topological polar surface area (TPSA) is 0 Å². The molecular weight excluding hydrogens is 432 g/mol. The van der Waals surface area contributed by atoms with Gasteiger partial charge in [0.1, 0.15) is 0 Å². The van der Waals surface area contributed by atoms with Crippen LogP contribution in [0.3, 0.4) is 0 Å². The summed E-state index contributed by atoms with van der Waals surface area (Å²) in [4.78, 5) is 0. The summed E-state index contributed by atoms with van der Waals surface area (Å²) < 4.78 is 0. The Labute approximate surface area is 216 Å². The summed E-state index contributed by atoms with van der Waals surface area (Å²) in [5.41, 5.74) is 12.2. The highest BCUT2D eigenvalue weighted by atomic mass is 14.4. The van der Waals surface area contributed by atoms with Crippen molar-refractivity contribution >= 4 is 6.08 Å². The van der Waals surface area contributed by atoms with Gasteiger partial charge in [-0.15, -0.1) is 0 Å². The third kappa shape index (κ3) is 3.57. The maximum atomic E-state index is 2.50. The number of fused-ring (bicyclic) bond motifs is 4. The van der Waals surface area contributed by atoms with Gasteiger partial charge in [-0.2, -0.15) is 0 Å². The predicted octanol–water partition coefficient (Wildman–Crippen LogP) is 9.67. The van der Waals surface area contributed by atoms with Crippen molar-refractivity contribution in [3.05, 3.63) is 124 Å². The highest BCUT2D eigenvalue weighted by Crippen LogP contribution is 2.54. The van der Waals surface area contributed by atoms with E-state index in [1.54, 1.807) is 22.3 Å². The molecule has 0 nitrogen and oxygen atoms in total. The van der Waals surface area contributed by atoms with E-state index in [1.807, 2.05) is 0 Å². The van der Waals surface area contributed by atoms with E-state index in [2.05, 4.69) is 111 Å². The molecule has 0 N–H and O–H groups in total. The first-order valence-corrected chi connectivity index (χ1v) is 14.0. The van der Waals surface area contributed by atoms with Gasteiger partial charge in [0.15, 0.2) is 0 Å². The van der Waals surface area contributed by atoms with Crippen molar-refractivity contribution in [1.82, 2.24) is 0 Å².